The quantitative estimate of drug-likeness (QED) is 0.853. The van der Waals surface area contributed by atoms with Gasteiger partial charge in [-0.2, -0.15) is 0 Å². The van der Waals surface area contributed by atoms with Crippen molar-refractivity contribution in [2.24, 2.45) is 5.41 Å². The van der Waals surface area contributed by atoms with Crippen molar-refractivity contribution in [1.29, 1.82) is 0 Å². The highest BCUT2D eigenvalue weighted by Crippen LogP contribution is 2.51. The fourth-order valence-electron chi connectivity index (χ4n) is 4.78. The highest BCUT2D eigenvalue weighted by Gasteiger charge is 2.53. The van der Waals surface area contributed by atoms with E-state index in [0.29, 0.717) is 18.0 Å². The molecule has 124 valence electrons. The number of likely N-dealkylation sites (tertiary alicyclic amines) is 2. The summed E-state index contributed by atoms with van der Waals surface area (Å²) in [6, 6.07) is 11.6. The van der Waals surface area contributed by atoms with Gasteiger partial charge in [0.15, 0.2) is 0 Å². The Morgan fingerprint density at radius 1 is 1.09 bits per heavy atom. The number of carbonyl (C=O) groups excluding carboxylic acids is 1. The minimum Gasteiger partial charge on any atom is -0.338 e. The molecule has 3 nitrogen and oxygen atoms in total. The van der Waals surface area contributed by atoms with Gasteiger partial charge in [0, 0.05) is 18.6 Å². The van der Waals surface area contributed by atoms with Gasteiger partial charge >= 0.3 is 0 Å². The van der Waals surface area contributed by atoms with Gasteiger partial charge in [-0.15, -0.1) is 0 Å². The zero-order valence-corrected chi connectivity index (χ0v) is 14.2. The summed E-state index contributed by atoms with van der Waals surface area (Å²) in [7, 11) is 2.23. The smallest absolute Gasteiger partial charge is 0.229 e. The van der Waals surface area contributed by atoms with Gasteiger partial charge in [-0.05, 0) is 64.1 Å². The molecular weight excluding hydrogens is 284 g/mol. The predicted molar refractivity (Wildman–Crippen MR) is 92.2 cm³/mol. The average Bonchev–Trinajstić information content (AvgIpc) is 2.98. The first-order valence-electron chi connectivity index (χ1n) is 9.25. The van der Waals surface area contributed by atoms with Gasteiger partial charge in [0.2, 0.25) is 5.91 Å². The van der Waals surface area contributed by atoms with Crippen LogP contribution in [0.25, 0.3) is 0 Å². The molecule has 1 saturated carbocycles. The molecule has 0 radical (unpaired) electrons. The third-order valence-corrected chi connectivity index (χ3v) is 6.27. The van der Waals surface area contributed by atoms with E-state index in [1.807, 2.05) is 0 Å². The summed E-state index contributed by atoms with van der Waals surface area (Å²) in [5.41, 5.74) is 1.23. The molecule has 2 heterocycles. The van der Waals surface area contributed by atoms with Gasteiger partial charge in [0.1, 0.15) is 0 Å². The van der Waals surface area contributed by atoms with Crippen molar-refractivity contribution in [3.8, 4) is 0 Å². The van der Waals surface area contributed by atoms with Crippen LogP contribution in [0.5, 0.6) is 0 Å². The Balaban J connectivity index is 1.49. The third-order valence-electron chi connectivity index (χ3n) is 6.27. The standard InChI is InChI=1S/C20H28N2O/c1-21-13-5-9-17(21)18-10-6-14-22(18)19(23)20(11-12-20)15-16-7-3-2-4-8-16/h2-4,7-8,17-18H,5-6,9-15H2,1H3. The van der Waals surface area contributed by atoms with E-state index in [2.05, 4.69) is 47.2 Å². The van der Waals surface area contributed by atoms with Crippen molar-refractivity contribution in [1.82, 2.24) is 9.80 Å². The van der Waals surface area contributed by atoms with Crippen molar-refractivity contribution >= 4 is 5.91 Å². The second kappa shape index (κ2) is 5.94. The van der Waals surface area contributed by atoms with Crippen molar-refractivity contribution < 1.29 is 4.79 Å². The first kappa shape index (κ1) is 15.2. The van der Waals surface area contributed by atoms with E-state index in [4.69, 9.17) is 0 Å². The zero-order chi connectivity index (χ0) is 15.9. The molecule has 2 saturated heterocycles. The van der Waals surface area contributed by atoms with E-state index < -0.39 is 0 Å². The van der Waals surface area contributed by atoms with Crippen LogP contribution < -0.4 is 0 Å². The molecule has 2 unspecified atom stereocenters. The summed E-state index contributed by atoms with van der Waals surface area (Å²) in [6.07, 6.45) is 8.00. The van der Waals surface area contributed by atoms with Crippen LogP contribution in [0.15, 0.2) is 30.3 Å². The fourth-order valence-corrected chi connectivity index (χ4v) is 4.78. The molecule has 2 aliphatic heterocycles. The molecule has 1 amide bonds. The Morgan fingerprint density at radius 2 is 1.78 bits per heavy atom. The summed E-state index contributed by atoms with van der Waals surface area (Å²) in [5, 5.41) is 0. The van der Waals surface area contributed by atoms with Gasteiger partial charge in [-0.3, -0.25) is 4.79 Å². The molecule has 3 fully saturated rings. The topological polar surface area (TPSA) is 23.6 Å². The summed E-state index contributed by atoms with van der Waals surface area (Å²) in [5.74, 6) is 0.448. The molecule has 1 aromatic carbocycles. The number of hydrogen-bond donors (Lipinski definition) is 0. The molecule has 3 aliphatic rings. The Labute approximate surface area is 139 Å². The van der Waals surface area contributed by atoms with E-state index in [9.17, 15) is 4.79 Å². The number of likely N-dealkylation sites (N-methyl/N-ethyl adjacent to an activating group) is 1. The fraction of sp³-hybridized carbons (Fsp3) is 0.650. The molecule has 0 N–H and O–H groups in total. The minimum atomic E-state index is -0.0822. The maximum Gasteiger partial charge on any atom is 0.229 e. The molecular formula is C20H28N2O. The Hall–Kier alpha value is -1.35. The van der Waals surface area contributed by atoms with Crippen molar-refractivity contribution in [2.75, 3.05) is 20.1 Å². The molecule has 0 bridgehead atoms. The van der Waals surface area contributed by atoms with Gasteiger partial charge in [0.25, 0.3) is 0 Å². The molecule has 1 aromatic rings. The molecule has 0 aromatic heterocycles. The average molecular weight is 312 g/mol. The second-order valence-electron chi connectivity index (χ2n) is 7.84. The van der Waals surface area contributed by atoms with Crippen molar-refractivity contribution in [3.63, 3.8) is 0 Å². The summed E-state index contributed by atoms with van der Waals surface area (Å²) < 4.78 is 0. The van der Waals surface area contributed by atoms with Gasteiger partial charge < -0.3 is 9.80 Å². The summed E-state index contributed by atoms with van der Waals surface area (Å²) >= 11 is 0. The second-order valence-corrected chi connectivity index (χ2v) is 7.84. The van der Waals surface area contributed by atoms with Gasteiger partial charge in [-0.25, -0.2) is 0 Å². The van der Waals surface area contributed by atoms with E-state index in [0.717, 1.165) is 25.8 Å². The summed E-state index contributed by atoms with van der Waals surface area (Å²) in [6.45, 7) is 2.17. The van der Waals surface area contributed by atoms with E-state index in [1.165, 1.54) is 37.8 Å². The minimum absolute atomic E-state index is 0.0822. The van der Waals surface area contributed by atoms with Gasteiger partial charge in [0.05, 0.1) is 5.41 Å². The van der Waals surface area contributed by atoms with Crippen LogP contribution in [0.3, 0.4) is 0 Å². The molecule has 1 aliphatic carbocycles. The molecule has 2 atom stereocenters. The normalized spacial score (nSPS) is 29.9. The number of amides is 1. The Morgan fingerprint density at radius 3 is 2.43 bits per heavy atom. The van der Waals surface area contributed by atoms with Crippen molar-refractivity contribution in [2.45, 2.75) is 57.0 Å². The molecule has 0 spiro atoms. The van der Waals surface area contributed by atoms with Crippen LogP contribution in [-0.4, -0.2) is 47.9 Å². The lowest BCUT2D eigenvalue weighted by Crippen LogP contribution is -2.49. The highest BCUT2D eigenvalue weighted by atomic mass is 16.2. The first-order chi connectivity index (χ1) is 11.2. The van der Waals surface area contributed by atoms with Crippen LogP contribution in [0.2, 0.25) is 0 Å². The maximum atomic E-state index is 13.3. The van der Waals surface area contributed by atoms with Crippen LogP contribution in [0, 0.1) is 5.41 Å². The molecule has 4 rings (SSSR count). The van der Waals surface area contributed by atoms with Crippen LogP contribution in [0.1, 0.15) is 44.1 Å². The number of nitrogens with zero attached hydrogens (tertiary/aromatic N) is 2. The summed E-state index contributed by atoms with van der Waals surface area (Å²) in [4.78, 5) is 18.1. The lowest BCUT2D eigenvalue weighted by atomic mass is 9.93. The molecule has 3 heteroatoms. The number of carbonyl (C=O) groups is 1. The van der Waals surface area contributed by atoms with Crippen LogP contribution in [-0.2, 0) is 11.2 Å². The van der Waals surface area contributed by atoms with Crippen molar-refractivity contribution in [3.05, 3.63) is 35.9 Å². The van der Waals surface area contributed by atoms with Crippen LogP contribution >= 0.6 is 0 Å². The third kappa shape index (κ3) is 2.80. The number of hydrogen-bond acceptors (Lipinski definition) is 2. The SMILES string of the molecule is CN1CCCC1C1CCCN1C(=O)C1(Cc2ccccc2)CC1. The maximum absolute atomic E-state index is 13.3. The highest BCUT2D eigenvalue weighted by molar-refractivity contribution is 5.86. The lowest BCUT2D eigenvalue weighted by Gasteiger charge is -2.35. The van der Waals surface area contributed by atoms with E-state index in [1.54, 1.807) is 0 Å². The Bertz CT molecular complexity index is 566. The van der Waals surface area contributed by atoms with Gasteiger partial charge in [-0.1, -0.05) is 30.3 Å². The lowest BCUT2D eigenvalue weighted by molar-refractivity contribution is -0.138. The molecule has 23 heavy (non-hydrogen) atoms. The van der Waals surface area contributed by atoms with E-state index >= 15 is 0 Å². The number of rotatable bonds is 4. The predicted octanol–water partition coefficient (Wildman–Crippen LogP) is 3.09. The Kier molecular flexibility index (Phi) is 3.92. The van der Waals surface area contributed by atoms with E-state index in [-0.39, 0.29) is 5.41 Å². The monoisotopic (exact) mass is 312 g/mol. The zero-order valence-electron chi connectivity index (χ0n) is 14.2. The largest absolute Gasteiger partial charge is 0.338 e. The number of benzene rings is 1. The first-order valence-corrected chi connectivity index (χ1v) is 9.25. The van der Waals surface area contributed by atoms with Crippen LogP contribution in [0.4, 0.5) is 0 Å².